The Bertz CT molecular complexity index is 930. The quantitative estimate of drug-likeness (QED) is 0.264. The molecule has 0 N–H and O–H groups in total. The van der Waals surface area contributed by atoms with E-state index in [1.165, 1.54) is 45.3 Å². The number of aromatic nitrogens is 2. The molecule has 0 aliphatic carbocycles. The third-order valence-corrected chi connectivity index (χ3v) is 6.74. The zero-order valence-corrected chi connectivity index (χ0v) is 21.9. The molecule has 0 unspecified atom stereocenters. The molecule has 0 radical (unpaired) electrons. The summed E-state index contributed by atoms with van der Waals surface area (Å²) in [4.78, 5) is 0. The number of benzene rings is 1. The van der Waals surface area contributed by atoms with Gasteiger partial charge < -0.3 is 0 Å². The fourth-order valence-electron chi connectivity index (χ4n) is 4.80. The maximum atomic E-state index is 4.31. The molecule has 1 aromatic carbocycles. The number of para-hydroxylation sites is 1. The number of nitrogens with zero attached hydrogens (tertiary/aromatic N) is 3. The summed E-state index contributed by atoms with van der Waals surface area (Å²) in [7, 11) is 4.40. The molecular weight excluding hydrogens is 378 g/mol. The van der Waals surface area contributed by atoms with Crippen LogP contribution in [-0.4, -0.2) is 20.9 Å². The van der Waals surface area contributed by atoms with Crippen LogP contribution in [0.1, 0.15) is 95.1 Å². The molecule has 0 fully saturated rings. The van der Waals surface area contributed by atoms with E-state index in [2.05, 4.69) is 115 Å². The van der Waals surface area contributed by atoms with Crippen LogP contribution in [0.15, 0.2) is 30.4 Å². The van der Waals surface area contributed by atoms with Gasteiger partial charge in [0.25, 0.3) is 5.82 Å². The lowest BCUT2D eigenvalue weighted by molar-refractivity contribution is -0.686. The van der Waals surface area contributed by atoms with Crippen molar-refractivity contribution in [2.24, 2.45) is 14.1 Å². The SMILES string of the molecule is C=C(C)C[C@H](Cc1n(C)c(C)c(C)[n+]1C)[N+](=C(C)C)c1c(C(C)C)cccc1C(C)C. The highest BCUT2D eigenvalue weighted by atomic mass is 15.2. The van der Waals surface area contributed by atoms with Crippen LogP contribution in [0.5, 0.6) is 0 Å². The molecule has 3 nitrogen and oxygen atoms in total. The Labute approximate surface area is 191 Å². The largest absolute Gasteiger partial charge is 0.263 e. The van der Waals surface area contributed by atoms with Crippen LogP contribution < -0.4 is 4.57 Å². The minimum Gasteiger partial charge on any atom is -0.234 e. The van der Waals surface area contributed by atoms with Crippen LogP contribution in [0.4, 0.5) is 5.69 Å². The first kappa shape index (κ1) is 25.1. The van der Waals surface area contributed by atoms with Gasteiger partial charge in [-0.25, -0.2) is 9.13 Å². The highest BCUT2D eigenvalue weighted by Gasteiger charge is 2.35. The van der Waals surface area contributed by atoms with Gasteiger partial charge >= 0.3 is 0 Å². The number of hydrogen-bond acceptors (Lipinski definition) is 0. The Hall–Kier alpha value is -2.16. The van der Waals surface area contributed by atoms with E-state index in [9.17, 15) is 0 Å². The summed E-state index contributed by atoms with van der Waals surface area (Å²) in [6.45, 7) is 24.7. The van der Waals surface area contributed by atoms with Crippen LogP contribution >= 0.6 is 0 Å². The van der Waals surface area contributed by atoms with Crippen LogP contribution in [0.25, 0.3) is 0 Å². The van der Waals surface area contributed by atoms with Crippen molar-refractivity contribution in [3.05, 3.63) is 58.7 Å². The van der Waals surface area contributed by atoms with Gasteiger partial charge in [-0.2, -0.15) is 4.58 Å². The second-order valence-electron chi connectivity index (χ2n) is 10.1. The fourth-order valence-corrected chi connectivity index (χ4v) is 4.80. The molecule has 0 saturated heterocycles. The first-order valence-corrected chi connectivity index (χ1v) is 11.8. The molecule has 2 aromatic rings. The first-order chi connectivity index (χ1) is 14.4. The molecule has 1 heterocycles. The van der Waals surface area contributed by atoms with Gasteiger partial charge in [-0.3, -0.25) is 0 Å². The minimum atomic E-state index is 0.318. The van der Waals surface area contributed by atoms with Gasteiger partial charge in [0.1, 0.15) is 17.8 Å². The number of imidazole rings is 1. The Morgan fingerprint density at radius 3 is 1.90 bits per heavy atom. The fraction of sp³-hybridized carbons (Fsp3) is 0.571. The first-order valence-electron chi connectivity index (χ1n) is 11.8. The van der Waals surface area contributed by atoms with Gasteiger partial charge in [0.2, 0.25) is 5.69 Å². The van der Waals surface area contributed by atoms with Gasteiger partial charge in [0.05, 0.1) is 14.1 Å². The average Bonchev–Trinajstić information content (AvgIpc) is 2.85. The van der Waals surface area contributed by atoms with Crippen LogP contribution in [0.3, 0.4) is 0 Å². The summed E-state index contributed by atoms with van der Waals surface area (Å²) in [6.07, 6.45) is 1.95. The van der Waals surface area contributed by atoms with Gasteiger partial charge in [-0.1, -0.05) is 58.0 Å². The van der Waals surface area contributed by atoms with Gasteiger partial charge in [0, 0.05) is 45.2 Å². The monoisotopic (exact) mass is 423 g/mol. The molecule has 31 heavy (non-hydrogen) atoms. The molecule has 0 saturated carbocycles. The van der Waals surface area contributed by atoms with Crippen molar-refractivity contribution in [2.75, 3.05) is 0 Å². The zero-order chi connectivity index (χ0) is 23.6. The van der Waals surface area contributed by atoms with Crippen molar-refractivity contribution in [1.82, 2.24) is 4.57 Å². The third kappa shape index (κ3) is 5.19. The summed E-state index contributed by atoms with van der Waals surface area (Å²) >= 11 is 0. The smallest absolute Gasteiger partial charge is 0.234 e. The topological polar surface area (TPSA) is 11.8 Å². The Morgan fingerprint density at radius 2 is 1.55 bits per heavy atom. The van der Waals surface area contributed by atoms with Crippen molar-refractivity contribution in [3.8, 4) is 0 Å². The predicted octanol–water partition coefficient (Wildman–Crippen LogP) is 6.42. The minimum absolute atomic E-state index is 0.318. The second kappa shape index (κ2) is 9.97. The lowest BCUT2D eigenvalue weighted by atomic mass is 9.90. The van der Waals surface area contributed by atoms with E-state index >= 15 is 0 Å². The van der Waals surface area contributed by atoms with E-state index < -0.39 is 0 Å². The molecule has 0 amide bonds. The van der Waals surface area contributed by atoms with E-state index in [-0.39, 0.29) is 0 Å². The van der Waals surface area contributed by atoms with Crippen molar-refractivity contribution in [2.45, 2.75) is 93.0 Å². The van der Waals surface area contributed by atoms with E-state index in [1.807, 2.05) is 0 Å². The second-order valence-corrected chi connectivity index (χ2v) is 10.1. The molecule has 2 rings (SSSR count). The zero-order valence-electron chi connectivity index (χ0n) is 21.9. The van der Waals surface area contributed by atoms with Crippen molar-refractivity contribution in [1.29, 1.82) is 0 Å². The highest BCUT2D eigenvalue weighted by molar-refractivity contribution is 5.76. The Kier molecular flexibility index (Phi) is 8.08. The van der Waals surface area contributed by atoms with Crippen molar-refractivity contribution >= 4 is 11.4 Å². The third-order valence-electron chi connectivity index (χ3n) is 6.74. The van der Waals surface area contributed by atoms with Crippen LogP contribution in [0, 0.1) is 13.8 Å². The molecule has 0 aliphatic rings. The molecular formula is C28H45N3+2. The van der Waals surface area contributed by atoms with E-state index in [1.54, 1.807) is 0 Å². The summed E-state index contributed by atoms with van der Waals surface area (Å²) in [5.41, 5.74) is 9.51. The maximum absolute atomic E-state index is 4.31. The summed E-state index contributed by atoms with van der Waals surface area (Å²) < 4.78 is 7.35. The molecule has 1 atom stereocenters. The van der Waals surface area contributed by atoms with E-state index in [0.29, 0.717) is 17.9 Å². The van der Waals surface area contributed by atoms with Gasteiger partial charge in [0.15, 0.2) is 11.8 Å². The van der Waals surface area contributed by atoms with Crippen molar-refractivity contribution < 1.29 is 9.14 Å². The lowest BCUT2D eigenvalue weighted by Gasteiger charge is -2.23. The Balaban J connectivity index is 2.77. The summed E-state index contributed by atoms with van der Waals surface area (Å²) in [5, 5.41) is 0. The normalized spacial score (nSPS) is 12.5. The number of rotatable bonds is 8. The van der Waals surface area contributed by atoms with Gasteiger partial charge in [-0.15, -0.1) is 0 Å². The molecule has 0 aliphatic heterocycles. The molecule has 3 heteroatoms. The van der Waals surface area contributed by atoms with E-state index in [0.717, 1.165) is 12.8 Å². The average molecular weight is 424 g/mol. The predicted molar refractivity (Wildman–Crippen MR) is 134 cm³/mol. The Morgan fingerprint density at radius 1 is 1.03 bits per heavy atom. The molecule has 0 spiro atoms. The van der Waals surface area contributed by atoms with Crippen LogP contribution in [0.2, 0.25) is 0 Å². The maximum Gasteiger partial charge on any atom is 0.263 e. The standard InChI is InChI=1S/C28H45N3/c1-18(2)16-24(17-27-29(11)22(9)23(10)30(27)12)31(21(7)8)28-25(19(3)4)14-13-15-26(28)20(5)6/h13-15,19-20,24H,1,16-17H2,2-12H3/q+2/t24-/m1/s1. The molecule has 1 aromatic heterocycles. The molecule has 0 bridgehead atoms. The summed E-state index contributed by atoms with van der Waals surface area (Å²) in [6, 6.07) is 7.18. The molecule has 170 valence electrons. The van der Waals surface area contributed by atoms with Gasteiger partial charge in [-0.05, 0) is 18.8 Å². The van der Waals surface area contributed by atoms with Crippen LogP contribution in [-0.2, 0) is 20.5 Å². The van der Waals surface area contributed by atoms with E-state index in [4.69, 9.17) is 0 Å². The number of hydrogen-bond donors (Lipinski definition) is 0. The highest BCUT2D eigenvalue weighted by Crippen LogP contribution is 2.37. The lowest BCUT2D eigenvalue weighted by Crippen LogP contribution is -2.40. The summed E-state index contributed by atoms with van der Waals surface area (Å²) in [5.74, 6) is 2.30. The van der Waals surface area contributed by atoms with Crippen molar-refractivity contribution in [3.63, 3.8) is 0 Å².